The molecule has 0 aromatic heterocycles. The first-order valence-corrected chi connectivity index (χ1v) is 8.71. The molecule has 5 nitrogen and oxygen atoms in total. The number of amides is 2. The number of hydrogen-bond donors (Lipinski definition) is 2. The van der Waals surface area contributed by atoms with Crippen LogP contribution in [-0.4, -0.2) is 22.0 Å². The van der Waals surface area contributed by atoms with Crippen molar-refractivity contribution < 1.29 is 19.1 Å². The fraction of sp³-hybridized carbons (Fsp3) is 0. The van der Waals surface area contributed by atoms with Crippen molar-refractivity contribution >= 4 is 68.4 Å². The molecule has 0 radical (unpaired) electrons. The number of nitrogens with zero attached hydrogens (tertiary/aromatic N) is 1. The van der Waals surface area contributed by atoms with E-state index in [0.717, 1.165) is 4.90 Å². The Morgan fingerprint density at radius 3 is 2.62 bits per heavy atom. The zero-order valence-electron chi connectivity index (χ0n) is 12.8. The van der Waals surface area contributed by atoms with E-state index in [1.807, 2.05) is 0 Å². The van der Waals surface area contributed by atoms with Crippen molar-refractivity contribution in [3.05, 3.63) is 62.8 Å². The van der Waals surface area contributed by atoms with E-state index in [1.165, 1.54) is 36.4 Å². The minimum atomic E-state index is -0.774. The monoisotopic (exact) mass is 454 g/mol. The van der Waals surface area contributed by atoms with Gasteiger partial charge in [0.15, 0.2) is 5.11 Å². The molecule has 0 unspecified atom stereocenters. The zero-order valence-corrected chi connectivity index (χ0v) is 16.0. The standard InChI is InChI=1S/C17H9BrClFN2O3S/c18-10-6-8(7-11(19)14(10)23)5-9-15(24)21-17(26)22(16(9)25)13-4-2-1-3-12(13)20/h1-7,23H,(H,21,24,26)/b9-5+. The molecule has 1 aliphatic rings. The van der Waals surface area contributed by atoms with E-state index in [0.29, 0.717) is 10.0 Å². The molecule has 3 rings (SSSR count). The van der Waals surface area contributed by atoms with Crippen LogP contribution in [0.5, 0.6) is 5.75 Å². The molecule has 1 fully saturated rings. The average Bonchev–Trinajstić information content (AvgIpc) is 2.58. The molecule has 0 spiro atoms. The highest BCUT2D eigenvalue weighted by Gasteiger charge is 2.35. The molecule has 0 atom stereocenters. The Bertz CT molecular complexity index is 973. The van der Waals surface area contributed by atoms with Crippen molar-refractivity contribution in [1.82, 2.24) is 5.32 Å². The first-order valence-electron chi connectivity index (χ1n) is 7.13. The normalized spacial score (nSPS) is 16.2. The van der Waals surface area contributed by atoms with E-state index in [4.69, 9.17) is 23.8 Å². The van der Waals surface area contributed by atoms with Crippen LogP contribution in [0.25, 0.3) is 6.08 Å². The van der Waals surface area contributed by atoms with Crippen LogP contribution in [0.3, 0.4) is 0 Å². The maximum atomic E-state index is 14.1. The highest BCUT2D eigenvalue weighted by Crippen LogP contribution is 2.34. The van der Waals surface area contributed by atoms with E-state index < -0.39 is 17.6 Å². The summed E-state index contributed by atoms with van der Waals surface area (Å²) in [4.78, 5) is 25.9. The van der Waals surface area contributed by atoms with Crippen LogP contribution >= 0.6 is 39.7 Å². The second kappa shape index (κ2) is 7.14. The maximum Gasteiger partial charge on any atom is 0.270 e. The Morgan fingerprint density at radius 2 is 1.96 bits per heavy atom. The molecule has 0 aliphatic carbocycles. The van der Waals surface area contributed by atoms with Crippen LogP contribution in [0, 0.1) is 5.82 Å². The van der Waals surface area contributed by atoms with Gasteiger partial charge in [-0.1, -0.05) is 23.7 Å². The van der Waals surface area contributed by atoms with Crippen LogP contribution in [0.15, 0.2) is 46.4 Å². The third kappa shape index (κ3) is 3.35. The number of carbonyl (C=O) groups excluding carboxylic acids is 2. The van der Waals surface area contributed by atoms with Crippen molar-refractivity contribution in [3.8, 4) is 5.75 Å². The first-order chi connectivity index (χ1) is 12.3. The number of thiocarbonyl (C=S) groups is 1. The molecular weight excluding hydrogens is 447 g/mol. The Labute approximate surface area is 166 Å². The number of hydrogen-bond acceptors (Lipinski definition) is 4. The highest BCUT2D eigenvalue weighted by molar-refractivity contribution is 9.10. The highest BCUT2D eigenvalue weighted by atomic mass is 79.9. The molecule has 132 valence electrons. The lowest BCUT2D eigenvalue weighted by Gasteiger charge is -2.29. The van der Waals surface area contributed by atoms with Gasteiger partial charge in [0.25, 0.3) is 11.8 Å². The van der Waals surface area contributed by atoms with Gasteiger partial charge in [0, 0.05) is 0 Å². The number of halogens is 3. The van der Waals surface area contributed by atoms with Gasteiger partial charge in [-0.25, -0.2) is 9.29 Å². The minimum Gasteiger partial charge on any atom is -0.505 e. The molecule has 0 saturated carbocycles. The van der Waals surface area contributed by atoms with Gasteiger partial charge in [0.1, 0.15) is 17.1 Å². The summed E-state index contributed by atoms with van der Waals surface area (Å²) in [5.74, 6) is -2.31. The summed E-state index contributed by atoms with van der Waals surface area (Å²) < 4.78 is 14.4. The summed E-state index contributed by atoms with van der Waals surface area (Å²) in [6.07, 6.45) is 1.28. The van der Waals surface area contributed by atoms with Crippen molar-refractivity contribution in [1.29, 1.82) is 0 Å². The van der Waals surface area contributed by atoms with Gasteiger partial charge in [0.05, 0.1) is 15.2 Å². The minimum absolute atomic E-state index is 0.0383. The fourth-order valence-corrected chi connectivity index (χ4v) is 3.44. The SMILES string of the molecule is O=C1NC(=S)N(c2ccccc2F)C(=O)/C1=C/c1cc(Cl)c(O)c(Br)c1. The van der Waals surface area contributed by atoms with Gasteiger partial charge in [0.2, 0.25) is 0 Å². The summed E-state index contributed by atoms with van der Waals surface area (Å²) in [6.45, 7) is 0. The number of benzene rings is 2. The number of nitrogens with one attached hydrogen (secondary N) is 1. The average molecular weight is 456 g/mol. The largest absolute Gasteiger partial charge is 0.505 e. The van der Waals surface area contributed by atoms with E-state index in [9.17, 15) is 19.1 Å². The molecule has 2 N–H and O–H groups in total. The van der Waals surface area contributed by atoms with Gasteiger partial charge in [-0.3, -0.25) is 14.9 Å². The predicted molar refractivity (Wildman–Crippen MR) is 103 cm³/mol. The van der Waals surface area contributed by atoms with Crippen LogP contribution in [0.4, 0.5) is 10.1 Å². The number of carbonyl (C=O) groups is 2. The summed E-state index contributed by atoms with van der Waals surface area (Å²) in [6, 6.07) is 8.45. The van der Waals surface area contributed by atoms with Crippen LogP contribution in [0.1, 0.15) is 5.56 Å². The number of rotatable bonds is 2. The van der Waals surface area contributed by atoms with Crippen LogP contribution in [0.2, 0.25) is 5.02 Å². The quantitative estimate of drug-likeness (QED) is 0.411. The van der Waals surface area contributed by atoms with Gasteiger partial charge in [-0.15, -0.1) is 0 Å². The molecule has 2 aromatic rings. The number of phenols is 1. The van der Waals surface area contributed by atoms with Gasteiger partial charge in [-0.05, 0) is 64.1 Å². The Morgan fingerprint density at radius 1 is 1.27 bits per heavy atom. The number of anilines is 1. The zero-order chi connectivity index (χ0) is 19.0. The van der Waals surface area contributed by atoms with Crippen molar-refractivity contribution in [3.63, 3.8) is 0 Å². The van der Waals surface area contributed by atoms with Crippen LogP contribution < -0.4 is 10.2 Å². The number of aromatic hydroxyl groups is 1. The summed E-state index contributed by atoms with van der Waals surface area (Å²) in [5, 5.41) is 11.9. The van der Waals surface area contributed by atoms with Gasteiger partial charge >= 0.3 is 0 Å². The third-order valence-electron chi connectivity index (χ3n) is 3.55. The summed E-state index contributed by atoms with van der Waals surface area (Å²) in [5.41, 5.74) is 0.0632. The predicted octanol–water partition coefficient (Wildman–Crippen LogP) is 3.78. The molecule has 1 heterocycles. The fourth-order valence-electron chi connectivity index (χ4n) is 2.34. The lowest BCUT2D eigenvalue weighted by atomic mass is 10.1. The molecular formula is C17H9BrClFN2O3S. The summed E-state index contributed by atoms with van der Waals surface area (Å²) >= 11 is 14.0. The molecule has 1 saturated heterocycles. The smallest absolute Gasteiger partial charge is 0.270 e. The summed E-state index contributed by atoms with van der Waals surface area (Å²) in [7, 11) is 0. The second-order valence-corrected chi connectivity index (χ2v) is 6.89. The molecule has 9 heteroatoms. The van der Waals surface area contributed by atoms with Gasteiger partial charge < -0.3 is 5.11 Å². The number of phenolic OH excluding ortho intramolecular Hbond substituents is 1. The van der Waals surface area contributed by atoms with E-state index in [1.54, 1.807) is 6.07 Å². The first kappa shape index (κ1) is 18.5. The van der Waals surface area contributed by atoms with Crippen molar-refractivity contribution in [2.24, 2.45) is 0 Å². The molecule has 2 aromatic carbocycles. The number of para-hydroxylation sites is 1. The van der Waals surface area contributed by atoms with Crippen molar-refractivity contribution in [2.75, 3.05) is 4.90 Å². The van der Waals surface area contributed by atoms with E-state index in [2.05, 4.69) is 21.2 Å². The van der Waals surface area contributed by atoms with E-state index in [-0.39, 0.29) is 27.1 Å². The molecule has 1 aliphatic heterocycles. The lowest BCUT2D eigenvalue weighted by molar-refractivity contribution is -0.122. The molecule has 2 amide bonds. The second-order valence-electron chi connectivity index (χ2n) is 5.24. The van der Waals surface area contributed by atoms with Crippen molar-refractivity contribution in [2.45, 2.75) is 0 Å². The molecule has 26 heavy (non-hydrogen) atoms. The maximum absolute atomic E-state index is 14.1. The molecule has 0 bridgehead atoms. The Hall–Kier alpha value is -2.29. The Kier molecular flexibility index (Phi) is 5.08. The lowest BCUT2D eigenvalue weighted by Crippen LogP contribution is -2.54. The Balaban J connectivity index is 2.07. The van der Waals surface area contributed by atoms with Crippen LogP contribution in [-0.2, 0) is 9.59 Å². The van der Waals surface area contributed by atoms with E-state index >= 15 is 0 Å². The van der Waals surface area contributed by atoms with Gasteiger partial charge in [-0.2, -0.15) is 0 Å². The third-order valence-corrected chi connectivity index (χ3v) is 4.72. The topological polar surface area (TPSA) is 69.6 Å².